The molecule has 0 spiro atoms. The van der Waals surface area contributed by atoms with Crippen molar-refractivity contribution >= 4 is 26.7 Å². The number of aliphatic hydroxyl groups excluding tert-OH is 1. The van der Waals surface area contributed by atoms with E-state index in [1.54, 1.807) is 18.2 Å². The first kappa shape index (κ1) is 13.3. The predicted octanol–water partition coefficient (Wildman–Crippen LogP) is 4.82. The topological polar surface area (TPSA) is 20.2 Å². The summed E-state index contributed by atoms with van der Waals surface area (Å²) >= 11 is 3.50. The van der Waals surface area contributed by atoms with E-state index in [0.717, 1.165) is 15.2 Å². The number of benzene rings is 3. The lowest BCUT2D eigenvalue weighted by molar-refractivity contribution is 0.216. The van der Waals surface area contributed by atoms with Crippen molar-refractivity contribution < 1.29 is 9.50 Å². The van der Waals surface area contributed by atoms with Gasteiger partial charge in [0, 0.05) is 10.0 Å². The summed E-state index contributed by atoms with van der Waals surface area (Å²) in [4.78, 5) is 0. The maximum atomic E-state index is 13.8. The van der Waals surface area contributed by atoms with Gasteiger partial charge in [-0.3, -0.25) is 0 Å². The molecule has 1 N–H and O–H groups in total. The molecule has 3 rings (SSSR count). The molecule has 0 aromatic heterocycles. The highest BCUT2D eigenvalue weighted by atomic mass is 79.9. The van der Waals surface area contributed by atoms with E-state index in [2.05, 4.69) is 15.9 Å². The number of halogens is 2. The van der Waals surface area contributed by atoms with E-state index in [1.807, 2.05) is 36.4 Å². The molecule has 1 nitrogen and oxygen atoms in total. The molecule has 0 saturated carbocycles. The number of fused-ring (bicyclic) bond motifs is 1. The van der Waals surface area contributed by atoms with E-state index >= 15 is 0 Å². The van der Waals surface area contributed by atoms with E-state index in [1.165, 1.54) is 6.07 Å². The Bertz CT molecular complexity index is 770. The van der Waals surface area contributed by atoms with Crippen LogP contribution in [0.3, 0.4) is 0 Å². The van der Waals surface area contributed by atoms with Crippen LogP contribution in [-0.2, 0) is 0 Å². The van der Waals surface area contributed by atoms with Gasteiger partial charge in [0.25, 0.3) is 0 Å². The van der Waals surface area contributed by atoms with Crippen LogP contribution in [0, 0.1) is 5.82 Å². The van der Waals surface area contributed by atoms with Crippen LogP contribution in [0.1, 0.15) is 17.2 Å². The summed E-state index contributed by atoms with van der Waals surface area (Å²) < 4.78 is 14.8. The second-order valence-electron chi connectivity index (χ2n) is 4.61. The number of hydrogen-bond donors (Lipinski definition) is 1. The molecule has 0 saturated heterocycles. The fourth-order valence-corrected chi connectivity index (χ4v) is 2.87. The summed E-state index contributed by atoms with van der Waals surface area (Å²) in [6.45, 7) is 0. The SMILES string of the molecule is OC(c1ccccc1F)c1ccc(Br)c2ccccc12. The highest BCUT2D eigenvalue weighted by molar-refractivity contribution is 9.10. The average molecular weight is 331 g/mol. The van der Waals surface area contributed by atoms with E-state index < -0.39 is 11.9 Å². The van der Waals surface area contributed by atoms with Crippen molar-refractivity contribution in [3.8, 4) is 0 Å². The quantitative estimate of drug-likeness (QED) is 0.714. The second-order valence-corrected chi connectivity index (χ2v) is 5.46. The van der Waals surface area contributed by atoms with E-state index in [9.17, 15) is 9.50 Å². The van der Waals surface area contributed by atoms with Gasteiger partial charge in [0.05, 0.1) is 0 Å². The molecule has 3 aromatic rings. The number of hydrogen-bond acceptors (Lipinski definition) is 1. The molecule has 0 heterocycles. The molecule has 20 heavy (non-hydrogen) atoms. The first-order valence-corrected chi connectivity index (χ1v) is 7.07. The van der Waals surface area contributed by atoms with Crippen molar-refractivity contribution in [2.45, 2.75) is 6.10 Å². The highest BCUT2D eigenvalue weighted by Crippen LogP contribution is 2.33. The smallest absolute Gasteiger partial charge is 0.129 e. The summed E-state index contributed by atoms with van der Waals surface area (Å²) in [5, 5.41) is 12.4. The standard InChI is InChI=1S/C17H12BrFO/c18-15-10-9-13(11-5-1-2-6-12(11)15)17(20)14-7-3-4-8-16(14)19/h1-10,17,20H. The van der Waals surface area contributed by atoms with E-state index in [4.69, 9.17) is 0 Å². The molecule has 0 aliphatic rings. The lowest BCUT2D eigenvalue weighted by atomic mass is 9.95. The minimum Gasteiger partial charge on any atom is -0.384 e. The zero-order valence-electron chi connectivity index (χ0n) is 10.6. The van der Waals surface area contributed by atoms with Gasteiger partial charge < -0.3 is 5.11 Å². The van der Waals surface area contributed by atoms with Crippen LogP contribution < -0.4 is 0 Å². The summed E-state index contributed by atoms with van der Waals surface area (Å²) in [6, 6.07) is 17.8. The monoisotopic (exact) mass is 330 g/mol. The van der Waals surface area contributed by atoms with E-state index in [0.29, 0.717) is 11.1 Å². The van der Waals surface area contributed by atoms with E-state index in [-0.39, 0.29) is 0 Å². The number of aliphatic hydroxyl groups is 1. The Morgan fingerprint density at radius 2 is 1.45 bits per heavy atom. The minimum atomic E-state index is -0.978. The van der Waals surface area contributed by atoms with Gasteiger partial charge >= 0.3 is 0 Å². The second kappa shape index (κ2) is 5.35. The molecule has 3 aromatic carbocycles. The third-order valence-corrected chi connectivity index (χ3v) is 4.09. The minimum absolute atomic E-state index is 0.292. The maximum absolute atomic E-state index is 13.8. The van der Waals surface area contributed by atoms with Gasteiger partial charge in [-0.25, -0.2) is 4.39 Å². The summed E-state index contributed by atoms with van der Waals surface area (Å²) in [5.74, 6) is -0.396. The zero-order valence-corrected chi connectivity index (χ0v) is 12.1. The van der Waals surface area contributed by atoms with Crippen molar-refractivity contribution in [3.05, 3.63) is 82.1 Å². The Balaban J connectivity index is 2.20. The molecule has 0 radical (unpaired) electrons. The van der Waals surface area contributed by atoms with Crippen LogP contribution in [0.5, 0.6) is 0 Å². The van der Waals surface area contributed by atoms with Crippen molar-refractivity contribution in [1.82, 2.24) is 0 Å². The fourth-order valence-electron chi connectivity index (χ4n) is 2.39. The molecule has 0 amide bonds. The van der Waals surface area contributed by atoms with Crippen LogP contribution in [0.25, 0.3) is 10.8 Å². The average Bonchev–Trinajstić information content (AvgIpc) is 2.48. The first-order valence-electron chi connectivity index (χ1n) is 6.28. The molecule has 100 valence electrons. The van der Waals surface area contributed by atoms with Gasteiger partial charge in [-0.2, -0.15) is 0 Å². The van der Waals surface area contributed by atoms with Crippen LogP contribution >= 0.6 is 15.9 Å². The third kappa shape index (κ3) is 2.23. The number of rotatable bonds is 2. The Hall–Kier alpha value is -1.71. The lowest BCUT2D eigenvalue weighted by Gasteiger charge is -2.15. The first-order chi connectivity index (χ1) is 9.68. The maximum Gasteiger partial charge on any atom is 0.129 e. The highest BCUT2D eigenvalue weighted by Gasteiger charge is 2.17. The lowest BCUT2D eigenvalue weighted by Crippen LogP contribution is -2.03. The molecule has 1 unspecified atom stereocenters. The van der Waals surface area contributed by atoms with Gasteiger partial charge in [0.1, 0.15) is 11.9 Å². The van der Waals surface area contributed by atoms with Gasteiger partial charge in [-0.15, -0.1) is 0 Å². The van der Waals surface area contributed by atoms with Gasteiger partial charge in [0.2, 0.25) is 0 Å². The van der Waals surface area contributed by atoms with Crippen molar-refractivity contribution in [2.24, 2.45) is 0 Å². The Morgan fingerprint density at radius 3 is 2.20 bits per heavy atom. The van der Waals surface area contributed by atoms with Gasteiger partial charge in [0.15, 0.2) is 0 Å². The molecule has 0 aliphatic heterocycles. The largest absolute Gasteiger partial charge is 0.384 e. The van der Waals surface area contributed by atoms with Crippen molar-refractivity contribution in [2.75, 3.05) is 0 Å². The molecular formula is C17H12BrFO. The van der Waals surface area contributed by atoms with Gasteiger partial charge in [-0.1, -0.05) is 64.5 Å². The van der Waals surface area contributed by atoms with Crippen LogP contribution in [0.2, 0.25) is 0 Å². The van der Waals surface area contributed by atoms with Crippen LogP contribution in [0.4, 0.5) is 4.39 Å². The van der Waals surface area contributed by atoms with Crippen molar-refractivity contribution in [3.63, 3.8) is 0 Å². The molecule has 3 heteroatoms. The summed E-state index contributed by atoms with van der Waals surface area (Å²) in [5.41, 5.74) is 0.994. The summed E-state index contributed by atoms with van der Waals surface area (Å²) in [7, 11) is 0. The van der Waals surface area contributed by atoms with Crippen molar-refractivity contribution in [1.29, 1.82) is 0 Å². The van der Waals surface area contributed by atoms with Crippen LogP contribution in [0.15, 0.2) is 65.1 Å². The molecule has 0 aliphatic carbocycles. The predicted molar refractivity (Wildman–Crippen MR) is 82.1 cm³/mol. The molecule has 0 bridgehead atoms. The third-order valence-electron chi connectivity index (χ3n) is 3.40. The fraction of sp³-hybridized carbons (Fsp3) is 0.0588. The summed E-state index contributed by atoms with van der Waals surface area (Å²) in [6.07, 6.45) is -0.978. The molecule has 1 atom stereocenters. The molecule has 0 fully saturated rings. The zero-order chi connectivity index (χ0) is 14.1. The van der Waals surface area contributed by atoms with Crippen LogP contribution in [-0.4, -0.2) is 5.11 Å². The molecular weight excluding hydrogens is 319 g/mol. The Morgan fingerprint density at radius 1 is 0.800 bits per heavy atom. The Kier molecular flexibility index (Phi) is 3.55. The normalized spacial score (nSPS) is 12.6. The Labute approximate surface area is 124 Å². The van der Waals surface area contributed by atoms with Gasteiger partial charge in [-0.05, 0) is 28.5 Å².